The molecular weight excluding hydrogens is 342 g/mol. The van der Waals surface area contributed by atoms with Gasteiger partial charge in [0.25, 0.3) is 5.91 Å². The maximum Gasteiger partial charge on any atom is 0.267 e. The molecular formula is C21H25N3O3. The van der Waals surface area contributed by atoms with Crippen molar-refractivity contribution in [1.29, 1.82) is 0 Å². The molecule has 0 bridgehead atoms. The van der Waals surface area contributed by atoms with E-state index in [0.717, 1.165) is 44.0 Å². The standard InChI is InChI=1S/C21H25N3O3/c1-27-20-4-2-3-19(15-20)24-13-11-23(12-14-24)16-18-7-5-17(6-8-18)9-10-21(25)22-26/h2-10,15,26H,11-14,16H2,1H3,(H,22,25)/b10-9+. The molecule has 1 saturated heterocycles. The zero-order valence-corrected chi connectivity index (χ0v) is 15.5. The van der Waals surface area contributed by atoms with Crippen molar-refractivity contribution in [2.24, 2.45) is 0 Å². The highest BCUT2D eigenvalue weighted by atomic mass is 16.5. The fourth-order valence-electron chi connectivity index (χ4n) is 3.17. The van der Waals surface area contributed by atoms with Crippen LogP contribution >= 0.6 is 0 Å². The third-order valence-corrected chi connectivity index (χ3v) is 4.71. The van der Waals surface area contributed by atoms with Crippen molar-refractivity contribution in [1.82, 2.24) is 10.4 Å². The van der Waals surface area contributed by atoms with Crippen LogP contribution in [-0.4, -0.2) is 49.3 Å². The Morgan fingerprint density at radius 1 is 1.15 bits per heavy atom. The van der Waals surface area contributed by atoms with Crippen LogP contribution in [0.1, 0.15) is 11.1 Å². The van der Waals surface area contributed by atoms with Crippen molar-refractivity contribution < 1.29 is 14.7 Å². The Balaban J connectivity index is 1.51. The Morgan fingerprint density at radius 2 is 1.89 bits per heavy atom. The van der Waals surface area contributed by atoms with E-state index in [0.29, 0.717) is 0 Å². The van der Waals surface area contributed by atoms with E-state index in [1.165, 1.54) is 17.3 Å². The Bertz CT molecular complexity index is 782. The second-order valence-corrected chi connectivity index (χ2v) is 6.52. The number of nitrogens with zero attached hydrogens (tertiary/aromatic N) is 2. The van der Waals surface area contributed by atoms with Gasteiger partial charge in [-0.05, 0) is 29.3 Å². The van der Waals surface area contributed by atoms with Gasteiger partial charge < -0.3 is 9.64 Å². The molecule has 0 aromatic heterocycles. The number of carbonyl (C=O) groups is 1. The summed E-state index contributed by atoms with van der Waals surface area (Å²) in [4.78, 5) is 15.8. The van der Waals surface area contributed by atoms with Crippen molar-refractivity contribution in [3.05, 3.63) is 65.7 Å². The molecule has 1 aliphatic rings. The van der Waals surface area contributed by atoms with Crippen LogP contribution in [-0.2, 0) is 11.3 Å². The minimum absolute atomic E-state index is 0.534. The first-order chi connectivity index (χ1) is 13.2. The molecule has 1 amide bonds. The summed E-state index contributed by atoms with van der Waals surface area (Å²) in [6.45, 7) is 4.91. The van der Waals surface area contributed by atoms with Gasteiger partial charge >= 0.3 is 0 Å². The molecule has 142 valence electrons. The van der Waals surface area contributed by atoms with Gasteiger partial charge in [0.2, 0.25) is 0 Å². The molecule has 2 aromatic rings. The van der Waals surface area contributed by atoms with Crippen LogP contribution in [0.15, 0.2) is 54.6 Å². The fraction of sp³-hybridized carbons (Fsp3) is 0.286. The zero-order chi connectivity index (χ0) is 19.1. The smallest absolute Gasteiger partial charge is 0.267 e. The van der Waals surface area contributed by atoms with Gasteiger partial charge in [-0.1, -0.05) is 30.3 Å². The average Bonchev–Trinajstić information content (AvgIpc) is 2.73. The summed E-state index contributed by atoms with van der Waals surface area (Å²) in [5.41, 5.74) is 4.95. The lowest BCUT2D eigenvalue weighted by Gasteiger charge is -2.36. The number of hydrogen-bond acceptors (Lipinski definition) is 5. The van der Waals surface area contributed by atoms with Crippen LogP contribution < -0.4 is 15.1 Å². The van der Waals surface area contributed by atoms with Crippen LogP contribution in [0.2, 0.25) is 0 Å². The third kappa shape index (κ3) is 5.32. The van der Waals surface area contributed by atoms with Crippen molar-refractivity contribution >= 4 is 17.7 Å². The average molecular weight is 367 g/mol. The number of amides is 1. The van der Waals surface area contributed by atoms with Gasteiger partial charge in [-0.3, -0.25) is 14.9 Å². The van der Waals surface area contributed by atoms with E-state index < -0.39 is 5.91 Å². The molecule has 0 unspecified atom stereocenters. The molecule has 0 radical (unpaired) electrons. The van der Waals surface area contributed by atoms with E-state index in [9.17, 15) is 4.79 Å². The molecule has 6 heteroatoms. The Hall–Kier alpha value is -2.83. The monoisotopic (exact) mass is 367 g/mol. The summed E-state index contributed by atoms with van der Waals surface area (Å²) >= 11 is 0. The summed E-state index contributed by atoms with van der Waals surface area (Å²) in [6, 6.07) is 16.3. The normalized spacial score (nSPS) is 15.1. The van der Waals surface area contributed by atoms with Crippen molar-refractivity contribution in [2.45, 2.75) is 6.54 Å². The summed E-state index contributed by atoms with van der Waals surface area (Å²) in [6.07, 6.45) is 2.97. The van der Waals surface area contributed by atoms with Gasteiger partial charge in [-0.15, -0.1) is 0 Å². The molecule has 1 heterocycles. The summed E-state index contributed by atoms with van der Waals surface area (Å²) < 4.78 is 5.32. The van der Waals surface area contributed by atoms with Crippen LogP contribution in [0.5, 0.6) is 5.75 Å². The highest BCUT2D eigenvalue weighted by Crippen LogP contribution is 2.22. The Kier molecular flexibility index (Phi) is 6.46. The number of hydroxylamine groups is 1. The zero-order valence-electron chi connectivity index (χ0n) is 15.5. The number of anilines is 1. The molecule has 2 aromatic carbocycles. The van der Waals surface area contributed by atoms with Gasteiger partial charge in [0.1, 0.15) is 5.75 Å². The molecule has 2 N–H and O–H groups in total. The van der Waals surface area contributed by atoms with Gasteiger partial charge in [-0.2, -0.15) is 0 Å². The lowest BCUT2D eigenvalue weighted by atomic mass is 10.1. The molecule has 0 atom stereocenters. The summed E-state index contributed by atoms with van der Waals surface area (Å²) in [5.74, 6) is 0.355. The van der Waals surface area contributed by atoms with Gasteiger partial charge in [0, 0.05) is 50.6 Å². The quantitative estimate of drug-likeness (QED) is 0.467. The topological polar surface area (TPSA) is 65.0 Å². The lowest BCUT2D eigenvalue weighted by Crippen LogP contribution is -2.45. The maximum atomic E-state index is 11.0. The number of rotatable bonds is 6. The maximum absolute atomic E-state index is 11.0. The number of piperazine rings is 1. The lowest BCUT2D eigenvalue weighted by molar-refractivity contribution is -0.124. The summed E-state index contributed by atoms with van der Waals surface area (Å²) in [5, 5.41) is 8.49. The molecule has 0 aliphatic carbocycles. The van der Waals surface area contributed by atoms with Gasteiger partial charge in [0.15, 0.2) is 0 Å². The Morgan fingerprint density at radius 3 is 2.56 bits per heavy atom. The predicted molar refractivity (Wildman–Crippen MR) is 106 cm³/mol. The number of hydrogen-bond donors (Lipinski definition) is 2. The molecule has 0 saturated carbocycles. The summed E-state index contributed by atoms with van der Waals surface area (Å²) in [7, 11) is 1.69. The van der Waals surface area contributed by atoms with E-state index in [1.807, 2.05) is 24.3 Å². The van der Waals surface area contributed by atoms with Crippen molar-refractivity contribution in [3.63, 3.8) is 0 Å². The van der Waals surface area contributed by atoms with Crippen LogP contribution in [0.3, 0.4) is 0 Å². The number of benzene rings is 2. The van der Waals surface area contributed by atoms with E-state index in [-0.39, 0.29) is 0 Å². The number of methoxy groups -OCH3 is 1. The number of carbonyl (C=O) groups excluding carboxylic acids is 1. The predicted octanol–water partition coefficient (Wildman–Crippen LogP) is 2.54. The number of nitrogens with one attached hydrogen (secondary N) is 1. The van der Waals surface area contributed by atoms with Crippen LogP contribution in [0.4, 0.5) is 5.69 Å². The third-order valence-electron chi connectivity index (χ3n) is 4.71. The molecule has 1 aliphatic heterocycles. The van der Waals surface area contributed by atoms with E-state index in [4.69, 9.17) is 9.94 Å². The first-order valence-electron chi connectivity index (χ1n) is 9.00. The van der Waals surface area contributed by atoms with Gasteiger partial charge in [0.05, 0.1) is 7.11 Å². The second kappa shape index (κ2) is 9.21. The minimum atomic E-state index is -0.534. The second-order valence-electron chi connectivity index (χ2n) is 6.52. The molecule has 27 heavy (non-hydrogen) atoms. The fourth-order valence-corrected chi connectivity index (χ4v) is 3.17. The molecule has 6 nitrogen and oxygen atoms in total. The van der Waals surface area contributed by atoms with Gasteiger partial charge in [-0.25, -0.2) is 5.48 Å². The van der Waals surface area contributed by atoms with E-state index >= 15 is 0 Å². The first kappa shape index (κ1) is 18.9. The minimum Gasteiger partial charge on any atom is -0.497 e. The SMILES string of the molecule is COc1cccc(N2CCN(Cc3ccc(/C=C/C(=O)NO)cc3)CC2)c1. The molecule has 1 fully saturated rings. The Labute approximate surface area is 159 Å². The van der Waals surface area contributed by atoms with Crippen molar-refractivity contribution in [2.75, 3.05) is 38.2 Å². The van der Waals surface area contributed by atoms with E-state index in [2.05, 4.69) is 34.1 Å². The highest BCUT2D eigenvalue weighted by molar-refractivity contribution is 5.90. The van der Waals surface area contributed by atoms with E-state index in [1.54, 1.807) is 18.7 Å². The molecule has 3 rings (SSSR count). The largest absolute Gasteiger partial charge is 0.497 e. The van der Waals surface area contributed by atoms with Crippen molar-refractivity contribution in [3.8, 4) is 5.75 Å². The van der Waals surface area contributed by atoms with Crippen LogP contribution in [0.25, 0.3) is 6.08 Å². The first-order valence-corrected chi connectivity index (χ1v) is 9.00. The molecule has 0 spiro atoms. The number of ether oxygens (including phenoxy) is 1. The highest BCUT2D eigenvalue weighted by Gasteiger charge is 2.17. The van der Waals surface area contributed by atoms with Crippen LogP contribution in [0, 0.1) is 0 Å².